The molecular formula is C4H12NO4P. The fraction of sp³-hybridized carbons (Fsp3) is 0.750. The van der Waals surface area contributed by atoms with E-state index >= 15 is 0 Å². The summed E-state index contributed by atoms with van der Waals surface area (Å²) in [6, 6.07) is 0. The van der Waals surface area contributed by atoms with Crippen molar-refractivity contribution in [2.45, 2.75) is 19.2 Å². The molecule has 10 heavy (non-hydrogen) atoms. The van der Waals surface area contributed by atoms with Crippen molar-refractivity contribution in [2.24, 2.45) is 0 Å². The van der Waals surface area contributed by atoms with Gasteiger partial charge in [-0.1, -0.05) is 6.92 Å². The van der Waals surface area contributed by atoms with Gasteiger partial charge in [-0.25, -0.2) is 0 Å². The van der Waals surface area contributed by atoms with Crippen LogP contribution in [-0.2, 0) is 4.57 Å². The van der Waals surface area contributed by atoms with Gasteiger partial charge in [-0.15, -0.1) is 0 Å². The zero-order valence-corrected chi connectivity index (χ0v) is 6.53. The van der Waals surface area contributed by atoms with Crippen LogP contribution in [0.1, 0.15) is 13.3 Å². The van der Waals surface area contributed by atoms with Gasteiger partial charge in [0.1, 0.15) is 0 Å². The quantitative estimate of drug-likeness (QED) is 0.351. The lowest BCUT2D eigenvalue weighted by molar-refractivity contribution is 0.199. The predicted molar refractivity (Wildman–Crippen MR) is 38.2 cm³/mol. The van der Waals surface area contributed by atoms with Crippen molar-refractivity contribution in [1.82, 2.24) is 0 Å². The third kappa shape index (κ3) is 5.91. The molecule has 0 fully saturated rings. The summed E-state index contributed by atoms with van der Waals surface area (Å²) in [6.45, 7) is 4.28. The first kappa shape index (κ1) is 9.78. The maximum absolute atomic E-state index is 10.0. The number of aliphatic hydroxyl groups excluding tert-OH is 1. The predicted octanol–water partition coefficient (Wildman–Crippen LogP) is 0.158. The van der Waals surface area contributed by atoms with Crippen LogP contribution in [0.5, 0.6) is 0 Å². The second kappa shape index (κ2) is 5.56. The molecule has 0 saturated heterocycles. The van der Waals surface area contributed by atoms with Gasteiger partial charge in [-0.05, 0) is 13.1 Å². The van der Waals surface area contributed by atoms with Gasteiger partial charge in [0.2, 0.25) is 0 Å². The van der Waals surface area contributed by atoms with Crippen LogP contribution in [0.15, 0.2) is 0 Å². The van der Waals surface area contributed by atoms with Crippen molar-refractivity contribution in [2.75, 3.05) is 0 Å². The highest BCUT2D eigenvalue weighted by atomic mass is 31.2. The number of hydrogen-bond acceptors (Lipinski definition) is 3. The Morgan fingerprint density at radius 1 is 1.90 bits per heavy atom. The first-order valence-electron chi connectivity index (χ1n) is 2.98. The van der Waals surface area contributed by atoms with Crippen molar-refractivity contribution < 1.29 is 20.9 Å². The van der Waals surface area contributed by atoms with Gasteiger partial charge in [-0.2, -0.15) is 0 Å². The molecule has 0 aromatic rings. The summed E-state index contributed by atoms with van der Waals surface area (Å²) in [5, 5.41) is 10.9. The molecule has 0 heterocycles. The molecule has 0 saturated carbocycles. The molecule has 0 amide bonds. The molecule has 0 spiro atoms. The second-order valence-corrected chi connectivity index (χ2v) is 3.25. The molecule has 62 valence electrons. The molecule has 4 N–H and O–H groups in total. The van der Waals surface area contributed by atoms with Crippen LogP contribution in [0.25, 0.3) is 0 Å². The standard InChI is InChI=1S/C3H9O4P.CH3N/c1-2-3(4)8(5,6)7;1-2/h3-4H,2H2,1H3,(H2,5,6,7);2H,1H2/i/hT. The Kier molecular flexibility index (Phi) is 5.43. The van der Waals surface area contributed by atoms with E-state index in [1.54, 1.807) is 0 Å². The van der Waals surface area contributed by atoms with Crippen LogP contribution >= 0.6 is 7.60 Å². The lowest BCUT2D eigenvalue weighted by Gasteiger charge is -2.07. The number of nitrogens with one attached hydrogen (secondary N) is 1. The van der Waals surface area contributed by atoms with Crippen molar-refractivity contribution in [1.29, 1.82) is 5.40 Å². The summed E-state index contributed by atoms with van der Waals surface area (Å²) in [6.07, 6.45) is 0.0876. The fourth-order valence-corrected chi connectivity index (χ4v) is 0.714. The minimum absolute atomic E-state index is 0.0876. The second-order valence-electron chi connectivity index (χ2n) is 1.48. The summed E-state index contributed by atoms with van der Waals surface area (Å²) in [7, 11) is -4.20. The molecule has 0 aliphatic heterocycles. The minimum Gasteiger partial charge on any atom is -0.380 e. The topological polar surface area (TPSA) is 102 Å². The zero-order chi connectivity index (χ0) is 9.49. The summed E-state index contributed by atoms with van der Waals surface area (Å²) < 4.78 is 15.7. The van der Waals surface area contributed by atoms with Gasteiger partial charge < -0.3 is 20.3 Å². The maximum Gasteiger partial charge on any atom is 0.353 e. The number of aliphatic hydroxyl groups is 1. The van der Waals surface area contributed by atoms with Crippen molar-refractivity contribution >= 4 is 14.3 Å². The molecular weight excluding hydrogens is 157 g/mol. The fourth-order valence-electron chi connectivity index (χ4n) is 0.238. The summed E-state index contributed by atoms with van der Waals surface area (Å²) in [5.74, 6) is -1.48. The number of rotatable bonds is 2. The van der Waals surface area contributed by atoms with Crippen LogP contribution < -0.4 is 0 Å². The van der Waals surface area contributed by atoms with Gasteiger partial charge >= 0.3 is 7.60 Å². The first-order valence-corrected chi connectivity index (χ1v) is 4.21. The minimum atomic E-state index is -4.20. The van der Waals surface area contributed by atoms with E-state index in [0.29, 0.717) is 0 Å². The smallest absolute Gasteiger partial charge is 0.353 e. The highest BCUT2D eigenvalue weighted by molar-refractivity contribution is 7.52. The average Bonchev–Trinajstić information content (AvgIpc) is 1.86. The van der Waals surface area contributed by atoms with Gasteiger partial charge in [0.25, 0.3) is 0 Å². The monoisotopic (exact) mass is 171 g/mol. The molecule has 6 heteroatoms. The zero-order valence-electron chi connectivity index (χ0n) is 6.64. The lowest BCUT2D eigenvalue weighted by Crippen LogP contribution is -2.03. The third-order valence-electron chi connectivity index (χ3n) is 0.753. The summed E-state index contributed by atoms with van der Waals surface area (Å²) >= 11 is 0. The highest BCUT2D eigenvalue weighted by Gasteiger charge is 2.23. The molecule has 0 aromatic heterocycles. The Balaban J connectivity index is 0. The van der Waals surface area contributed by atoms with Crippen LogP contribution in [0.3, 0.4) is 0 Å². The normalized spacial score (nSPS) is 14.2. The van der Waals surface area contributed by atoms with E-state index < -0.39 is 13.4 Å². The number of hydrogen-bond donors (Lipinski definition) is 4. The van der Waals surface area contributed by atoms with Gasteiger partial charge in [-0.3, -0.25) is 4.57 Å². The Morgan fingerprint density at radius 2 is 2.20 bits per heavy atom. The molecule has 0 rings (SSSR count). The molecule has 1 atom stereocenters. The Bertz CT molecular complexity index is 147. The van der Waals surface area contributed by atoms with Crippen LogP contribution in [0, 0.1) is 5.40 Å². The van der Waals surface area contributed by atoms with E-state index in [0.717, 1.165) is 0 Å². The molecule has 1 unspecified atom stereocenters. The Morgan fingerprint density at radius 3 is 2.20 bits per heavy atom. The molecule has 0 radical (unpaired) electrons. The average molecular weight is 171 g/mol. The van der Waals surface area contributed by atoms with Gasteiger partial charge in [0.05, 0.1) is 0 Å². The molecule has 0 aliphatic carbocycles. The van der Waals surface area contributed by atoms with Crippen molar-refractivity contribution in [3.8, 4) is 0 Å². The van der Waals surface area contributed by atoms with E-state index in [9.17, 15) is 4.57 Å². The van der Waals surface area contributed by atoms with E-state index in [2.05, 4.69) is 12.1 Å². The molecule has 0 aliphatic rings. The summed E-state index contributed by atoms with van der Waals surface area (Å²) in [5.41, 5.74) is 0. The molecule has 0 aromatic carbocycles. The van der Waals surface area contributed by atoms with E-state index in [-0.39, 0.29) is 6.42 Å². The molecule has 0 bridgehead atoms. The van der Waals surface area contributed by atoms with Crippen LogP contribution in [0.2, 0.25) is 1.41 Å². The Hall–Kier alpha value is -0.220. The Labute approximate surface area is 60.8 Å². The summed E-state index contributed by atoms with van der Waals surface area (Å²) in [4.78, 5) is 16.3. The largest absolute Gasteiger partial charge is 0.380 e. The third-order valence-corrected chi connectivity index (χ3v) is 1.90. The maximum atomic E-state index is 10.0. The first-order chi connectivity index (χ1) is 4.90. The van der Waals surface area contributed by atoms with Crippen LogP contribution in [-0.4, -0.2) is 27.5 Å². The SMILES string of the molecule is CCC(O)P(=O)(O)O.[3H]N=C. The van der Waals surface area contributed by atoms with Gasteiger partial charge in [0, 0.05) is 0 Å². The molecule has 5 nitrogen and oxygen atoms in total. The lowest BCUT2D eigenvalue weighted by atomic mass is 10.5. The highest BCUT2D eigenvalue weighted by Crippen LogP contribution is 2.40. The van der Waals surface area contributed by atoms with Crippen molar-refractivity contribution in [3.63, 3.8) is 0 Å². The van der Waals surface area contributed by atoms with Gasteiger partial charge in [0.15, 0.2) is 7.26 Å². The van der Waals surface area contributed by atoms with Crippen molar-refractivity contribution in [3.05, 3.63) is 0 Å². The van der Waals surface area contributed by atoms with E-state index in [1.165, 1.54) is 6.92 Å². The van der Waals surface area contributed by atoms with E-state index in [4.69, 9.17) is 16.3 Å². The van der Waals surface area contributed by atoms with E-state index in [1.807, 2.05) is 0 Å². The van der Waals surface area contributed by atoms with Crippen LogP contribution in [0.4, 0.5) is 0 Å².